The van der Waals surface area contributed by atoms with Crippen LogP contribution in [-0.2, 0) is 10.2 Å². The topological polar surface area (TPSA) is 55.1 Å². The van der Waals surface area contributed by atoms with E-state index in [0.717, 1.165) is 37.7 Å². The van der Waals surface area contributed by atoms with Crippen molar-refractivity contribution in [2.24, 2.45) is 5.73 Å². The number of hydrogen-bond acceptors (Lipinski definition) is 2. The largest absolute Gasteiger partial charge is 0.355 e. The second-order valence-corrected chi connectivity index (χ2v) is 6.25. The summed E-state index contributed by atoms with van der Waals surface area (Å²) in [5, 5.41) is 3.77. The number of nitrogens with one attached hydrogen (secondary N) is 1. The smallest absolute Gasteiger partial charge is 0.230 e. The summed E-state index contributed by atoms with van der Waals surface area (Å²) in [4.78, 5) is 12.6. The van der Waals surface area contributed by atoms with E-state index in [4.69, 9.17) is 17.3 Å². The monoisotopic (exact) mass is 294 g/mol. The molecule has 20 heavy (non-hydrogen) atoms. The lowest BCUT2D eigenvalue weighted by molar-refractivity contribution is -0.126. The normalized spacial score (nSPS) is 18.8. The van der Waals surface area contributed by atoms with Crippen LogP contribution in [0.25, 0.3) is 0 Å². The molecular weight excluding hydrogens is 272 g/mol. The van der Waals surface area contributed by atoms with Crippen LogP contribution in [0.4, 0.5) is 0 Å². The maximum atomic E-state index is 12.6. The van der Waals surface area contributed by atoms with Crippen molar-refractivity contribution >= 4 is 17.5 Å². The van der Waals surface area contributed by atoms with Crippen LogP contribution in [0.15, 0.2) is 24.3 Å². The minimum Gasteiger partial charge on any atom is -0.355 e. The van der Waals surface area contributed by atoms with Gasteiger partial charge in [-0.2, -0.15) is 0 Å². The lowest BCUT2D eigenvalue weighted by Gasteiger charge is -2.28. The van der Waals surface area contributed by atoms with Crippen molar-refractivity contribution < 1.29 is 4.79 Å². The van der Waals surface area contributed by atoms with Crippen molar-refractivity contribution in [2.45, 2.75) is 50.5 Å². The number of benzene rings is 1. The quantitative estimate of drug-likeness (QED) is 0.877. The fraction of sp³-hybridized carbons (Fsp3) is 0.562. The summed E-state index contributed by atoms with van der Waals surface area (Å²) in [5.74, 6) is 0.137. The van der Waals surface area contributed by atoms with Crippen LogP contribution in [0.2, 0.25) is 5.02 Å². The highest BCUT2D eigenvalue weighted by Gasteiger charge is 2.42. The molecule has 1 amide bonds. The van der Waals surface area contributed by atoms with Crippen LogP contribution in [-0.4, -0.2) is 18.5 Å². The van der Waals surface area contributed by atoms with Gasteiger partial charge in [-0.1, -0.05) is 36.6 Å². The molecule has 1 saturated carbocycles. The Morgan fingerprint density at radius 1 is 1.35 bits per heavy atom. The van der Waals surface area contributed by atoms with Crippen molar-refractivity contribution in [1.82, 2.24) is 5.32 Å². The molecule has 110 valence electrons. The summed E-state index contributed by atoms with van der Waals surface area (Å²) in [6.07, 6.45) is 4.84. The van der Waals surface area contributed by atoms with E-state index < -0.39 is 0 Å². The molecule has 0 heterocycles. The molecule has 1 aromatic rings. The van der Waals surface area contributed by atoms with Crippen LogP contribution in [0.3, 0.4) is 0 Å². The molecule has 0 aromatic heterocycles. The highest BCUT2D eigenvalue weighted by Crippen LogP contribution is 2.41. The van der Waals surface area contributed by atoms with Gasteiger partial charge in [-0.15, -0.1) is 0 Å². The average Bonchev–Trinajstić information content (AvgIpc) is 2.89. The van der Waals surface area contributed by atoms with Gasteiger partial charge in [-0.05, 0) is 43.9 Å². The molecule has 2 rings (SSSR count). The van der Waals surface area contributed by atoms with Gasteiger partial charge in [0.25, 0.3) is 0 Å². The van der Waals surface area contributed by atoms with Gasteiger partial charge in [0.05, 0.1) is 5.41 Å². The number of halogens is 1. The number of amides is 1. The molecule has 0 aliphatic heterocycles. The Balaban J connectivity index is 2.13. The van der Waals surface area contributed by atoms with Gasteiger partial charge in [0.2, 0.25) is 5.91 Å². The van der Waals surface area contributed by atoms with E-state index in [1.807, 2.05) is 31.2 Å². The number of nitrogens with two attached hydrogens (primary N) is 1. The van der Waals surface area contributed by atoms with E-state index in [1.54, 1.807) is 0 Å². The standard InChI is InChI=1S/C16H23ClN2O/c1-12(18)8-11-19-15(20)16(9-2-3-10-16)13-4-6-14(17)7-5-13/h4-7,12H,2-3,8-11,18H2,1H3,(H,19,20). The van der Waals surface area contributed by atoms with Crippen molar-refractivity contribution in [2.75, 3.05) is 6.54 Å². The first-order valence-electron chi connectivity index (χ1n) is 7.34. The second-order valence-electron chi connectivity index (χ2n) is 5.82. The van der Waals surface area contributed by atoms with E-state index >= 15 is 0 Å². The maximum absolute atomic E-state index is 12.6. The molecule has 0 saturated heterocycles. The highest BCUT2D eigenvalue weighted by atomic mass is 35.5. The SMILES string of the molecule is CC(N)CCNC(=O)C1(c2ccc(Cl)cc2)CCCC1. The van der Waals surface area contributed by atoms with Crippen molar-refractivity contribution in [3.05, 3.63) is 34.9 Å². The molecule has 4 heteroatoms. The maximum Gasteiger partial charge on any atom is 0.230 e. The predicted octanol–water partition coefficient (Wildman–Crippen LogP) is 3.01. The van der Waals surface area contributed by atoms with Gasteiger partial charge in [0.15, 0.2) is 0 Å². The molecule has 1 aromatic carbocycles. The third-order valence-corrected chi connectivity index (χ3v) is 4.43. The number of hydrogen-bond donors (Lipinski definition) is 2. The van der Waals surface area contributed by atoms with Gasteiger partial charge in [0.1, 0.15) is 0 Å². The predicted molar refractivity (Wildman–Crippen MR) is 82.9 cm³/mol. The molecule has 1 atom stereocenters. The molecule has 1 unspecified atom stereocenters. The summed E-state index contributed by atoms with van der Waals surface area (Å²) in [5.41, 5.74) is 6.44. The first kappa shape index (κ1) is 15.3. The molecule has 0 spiro atoms. The van der Waals surface area contributed by atoms with Gasteiger partial charge >= 0.3 is 0 Å². The zero-order valence-corrected chi connectivity index (χ0v) is 12.7. The Morgan fingerprint density at radius 3 is 2.50 bits per heavy atom. The summed E-state index contributed by atoms with van der Waals surface area (Å²) < 4.78 is 0. The fourth-order valence-electron chi connectivity index (χ4n) is 2.98. The molecule has 0 radical (unpaired) electrons. The first-order valence-corrected chi connectivity index (χ1v) is 7.72. The van der Waals surface area contributed by atoms with Crippen LogP contribution >= 0.6 is 11.6 Å². The fourth-order valence-corrected chi connectivity index (χ4v) is 3.10. The number of carbonyl (C=O) groups is 1. The summed E-state index contributed by atoms with van der Waals surface area (Å²) >= 11 is 5.95. The Bertz CT molecular complexity index is 450. The Kier molecular flexibility index (Phi) is 5.06. The molecular formula is C16H23ClN2O. The lowest BCUT2D eigenvalue weighted by atomic mass is 9.78. The minimum atomic E-state index is -0.373. The Morgan fingerprint density at radius 2 is 1.95 bits per heavy atom. The summed E-state index contributed by atoms with van der Waals surface area (Å²) in [6, 6.07) is 7.82. The third kappa shape index (κ3) is 3.33. The Hall–Kier alpha value is -1.06. The summed E-state index contributed by atoms with van der Waals surface area (Å²) in [7, 11) is 0. The number of carbonyl (C=O) groups excluding carboxylic acids is 1. The van der Waals surface area contributed by atoms with Crippen LogP contribution in [0.5, 0.6) is 0 Å². The van der Waals surface area contributed by atoms with Crippen LogP contribution in [0.1, 0.15) is 44.6 Å². The molecule has 1 aliphatic rings. The van der Waals surface area contributed by atoms with Gasteiger partial charge in [-0.25, -0.2) is 0 Å². The zero-order chi connectivity index (χ0) is 14.6. The summed E-state index contributed by atoms with van der Waals surface area (Å²) in [6.45, 7) is 2.60. The third-order valence-electron chi connectivity index (χ3n) is 4.17. The van der Waals surface area contributed by atoms with E-state index in [0.29, 0.717) is 11.6 Å². The first-order chi connectivity index (χ1) is 9.54. The van der Waals surface area contributed by atoms with E-state index in [1.165, 1.54) is 0 Å². The lowest BCUT2D eigenvalue weighted by Crippen LogP contribution is -2.43. The zero-order valence-electron chi connectivity index (χ0n) is 12.0. The van der Waals surface area contributed by atoms with Crippen LogP contribution < -0.4 is 11.1 Å². The molecule has 0 bridgehead atoms. The van der Waals surface area contributed by atoms with Crippen molar-refractivity contribution in [3.8, 4) is 0 Å². The van der Waals surface area contributed by atoms with Gasteiger partial charge in [-0.3, -0.25) is 4.79 Å². The van der Waals surface area contributed by atoms with Crippen LogP contribution in [0, 0.1) is 0 Å². The van der Waals surface area contributed by atoms with E-state index in [9.17, 15) is 4.79 Å². The van der Waals surface area contributed by atoms with Gasteiger partial charge in [0, 0.05) is 17.6 Å². The average molecular weight is 295 g/mol. The second kappa shape index (κ2) is 6.59. The van der Waals surface area contributed by atoms with Gasteiger partial charge < -0.3 is 11.1 Å². The Labute approximate surface area is 125 Å². The highest BCUT2D eigenvalue weighted by molar-refractivity contribution is 6.30. The molecule has 1 aliphatic carbocycles. The minimum absolute atomic E-state index is 0.116. The van der Waals surface area contributed by atoms with E-state index in [2.05, 4.69) is 5.32 Å². The molecule has 3 N–H and O–H groups in total. The van der Waals surface area contributed by atoms with Crippen molar-refractivity contribution in [1.29, 1.82) is 0 Å². The molecule has 1 fully saturated rings. The molecule has 3 nitrogen and oxygen atoms in total. The van der Waals surface area contributed by atoms with E-state index in [-0.39, 0.29) is 17.4 Å². The number of rotatable bonds is 5. The van der Waals surface area contributed by atoms with Crippen molar-refractivity contribution in [3.63, 3.8) is 0 Å².